The minimum absolute atomic E-state index is 0.264. The first-order chi connectivity index (χ1) is 10.1. The highest BCUT2D eigenvalue weighted by atomic mass is 35.5. The molecule has 0 aliphatic carbocycles. The molecule has 0 aromatic heterocycles. The van der Waals surface area contributed by atoms with Crippen LogP contribution in [0.1, 0.15) is 31.9 Å². The molecule has 118 valence electrons. The summed E-state index contributed by atoms with van der Waals surface area (Å²) >= 11 is 8.06. The van der Waals surface area contributed by atoms with Crippen molar-refractivity contribution in [1.29, 1.82) is 0 Å². The lowest BCUT2D eigenvalue weighted by atomic mass is 10.0. The molecule has 1 aliphatic heterocycles. The van der Waals surface area contributed by atoms with Gasteiger partial charge in [0.2, 0.25) is 0 Å². The quantitative estimate of drug-likeness (QED) is 0.803. The molecule has 1 aliphatic rings. The zero-order chi connectivity index (χ0) is 15.2. The number of benzene rings is 1. The van der Waals surface area contributed by atoms with Gasteiger partial charge in [0, 0.05) is 24.1 Å². The molecular formula is C16H24ClNO2S. The van der Waals surface area contributed by atoms with Crippen LogP contribution in [-0.4, -0.2) is 36.7 Å². The summed E-state index contributed by atoms with van der Waals surface area (Å²) in [5.74, 6) is 1.54. The number of aliphatic hydroxyl groups excluding tert-OH is 1. The fourth-order valence-electron chi connectivity index (χ4n) is 2.38. The lowest BCUT2D eigenvalue weighted by molar-refractivity contribution is 0.0248. The number of hydrogen-bond donors (Lipinski definition) is 2. The predicted octanol–water partition coefficient (Wildman–Crippen LogP) is 3.50. The number of rotatable bonds is 7. The SMILES string of the molecule is CC(C)COCC(O)CNC1CCSc2c(Cl)cccc21. The summed E-state index contributed by atoms with van der Waals surface area (Å²) in [5.41, 5.74) is 1.24. The molecule has 0 saturated carbocycles. The van der Waals surface area contributed by atoms with E-state index in [1.54, 1.807) is 0 Å². The smallest absolute Gasteiger partial charge is 0.0897 e. The van der Waals surface area contributed by atoms with Crippen LogP contribution in [0.4, 0.5) is 0 Å². The molecule has 1 aromatic rings. The Hall–Kier alpha value is -0.260. The average Bonchev–Trinajstić information content (AvgIpc) is 2.45. The molecular weight excluding hydrogens is 306 g/mol. The van der Waals surface area contributed by atoms with Crippen molar-refractivity contribution in [2.45, 2.75) is 37.3 Å². The van der Waals surface area contributed by atoms with E-state index in [0.29, 0.717) is 25.7 Å². The van der Waals surface area contributed by atoms with Crippen LogP contribution in [-0.2, 0) is 4.74 Å². The first-order valence-corrected chi connectivity index (χ1v) is 8.84. The molecule has 2 atom stereocenters. The molecule has 21 heavy (non-hydrogen) atoms. The monoisotopic (exact) mass is 329 g/mol. The van der Waals surface area contributed by atoms with Gasteiger partial charge in [0.1, 0.15) is 0 Å². The summed E-state index contributed by atoms with van der Waals surface area (Å²) in [6.45, 7) is 5.82. The van der Waals surface area contributed by atoms with Crippen LogP contribution in [0.15, 0.2) is 23.1 Å². The fourth-order valence-corrected chi connectivity index (χ4v) is 3.86. The fraction of sp³-hybridized carbons (Fsp3) is 0.625. The minimum Gasteiger partial charge on any atom is -0.389 e. The van der Waals surface area contributed by atoms with Gasteiger partial charge in [-0.3, -0.25) is 0 Å². The van der Waals surface area contributed by atoms with E-state index in [1.807, 2.05) is 23.9 Å². The number of nitrogens with one attached hydrogen (secondary N) is 1. The second-order valence-corrected chi connectivity index (χ2v) is 7.35. The van der Waals surface area contributed by atoms with Crippen LogP contribution in [0.2, 0.25) is 5.02 Å². The summed E-state index contributed by atoms with van der Waals surface area (Å²) in [7, 11) is 0. The van der Waals surface area contributed by atoms with Gasteiger partial charge in [-0.15, -0.1) is 11.8 Å². The summed E-state index contributed by atoms with van der Waals surface area (Å²) in [4.78, 5) is 1.17. The highest BCUT2D eigenvalue weighted by Crippen LogP contribution is 2.40. The molecule has 2 rings (SSSR count). The molecule has 1 aromatic carbocycles. The second-order valence-electron chi connectivity index (χ2n) is 5.84. The highest BCUT2D eigenvalue weighted by Gasteiger charge is 2.22. The molecule has 0 amide bonds. The van der Waals surface area contributed by atoms with Crippen LogP contribution in [0, 0.1) is 5.92 Å². The molecule has 0 spiro atoms. The third kappa shape index (κ3) is 5.15. The van der Waals surface area contributed by atoms with E-state index in [2.05, 4.69) is 25.2 Å². The topological polar surface area (TPSA) is 41.5 Å². The maximum atomic E-state index is 9.98. The summed E-state index contributed by atoms with van der Waals surface area (Å²) in [6, 6.07) is 6.31. The standard InChI is InChI=1S/C16H24ClNO2S/c1-11(2)9-20-10-12(19)8-18-15-6-7-21-16-13(15)4-3-5-14(16)17/h3-5,11-12,15,18-19H,6-10H2,1-2H3. The zero-order valence-electron chi connectivity index (χ0n) is 12.6. The highest BCUT2D eigenvalue weighted by molar-refractivity contribution is 7.99. The van der Waals surface area contributed by atoms with Crippen molar-refractivity contribution in [3.05, 3.63) is 28.8 Å². The first kappa shape index (κ1) is 17.1. The van der Waals surface area contributed by atoms with E-state index in [0.717, 1.165) is 17.2 Å². The van der Waals surface area contributed by atoms with Crippen LogP contribution in [0.25, 0.3) is 0 Å². The van der Waals surface area contributed by atoms with Gasteiger partial charge < -0.3 is 15.2 Å². The van der Waals surface area contributed by atoms with E-state index in [9.17, 15) is 5.11 Å². The normalized spacial score (nSPS) is 19.6. The molecule has 0 radical (unpaired) electrons. The average molecular weight is 330 g/mol. The summed E-state index contributed by atoms with van der Waals surface area (Å²) < 4.78 is 5.47. The summed E-state index contributed by atoms with van der Waals surface area (Å²) in [6.07, 6.45) is 0.582. The Morgan fingerprint density at radius 2 is 2.24 bits per heavy atom. The van der Waals surface area contributed by atoms with Crippen molar-refractivity contribution in [1.82, 2.24) is 5.32 Å². The molecule has 3 nitrogen and oxygen atoms in total. The largest absolute Gasteiger partial charge is 0.389 e. The molecule has 0 fully saturated rings. The van der Waals surface area contributed by atoms with E-state index >= 15 is 0 Å². The molecule has 1 heterocycles. The van der Waals surface area contributed by atoms with E-state index in [-0.39, 0.29) is 6.04 Å². The van der Waals surface area contributed by atoms with Crippen molar-refractivity contribution in [2.75, 3.05) is 25.5 Å². The number of hydrogen-bond acceptors (Lipinski definition) is 4. The third-order valence-corrected chi connectivity index (χ3v) is 5.00. The van der Waals surface area contributed by atoms with Crippen molar-refractivity contribution in [2.24, 2.45) is 5.92 Å². The molecule has 2 N–H and O–H groups in total. The molecule has 0 saturated heterocycles. The van der Waals surface area contributed by atoms with Gasteiger partial charge in [0.15, 0.2) is 0 Å². The van der Waals surface area contributed by atoms with Gasteiger partial charge in [-0.05, 0) is 29.7 Å². The third-order valence-electron chi connectivity index (χ3n) is 3.39. The van der Waals surface area contributed by atoms with Crippen molar-refractivity contribution in [3.63, 3.8) is 0 Å². The van der Waals surface area contributed by atoms with E-state index in [1.165, 1.54) is 10.5 Å². The minimum atomic E-state index is -0.471. The lowest BCUT2D eigenvalue weighted by Gasteiger charge is -2.27. The number of aliphatic hydroxyl groups is 1. The van der Waals surface area contributed by atoms with Crippen molar-refractivity contribution < 1.29 is 9.84 Å². The Labute approximate surface area is 136 Å². The van der Waals surface area contributed by atoms with Gasteiger partial charge in [0.05, 0.1) is 17.7 Å². The van der Waals surface area contributed by atoms with Gasteiger partial charge in [-0.1, -0.05) is 37.6 Å². The van der Waals surface area contributed by atoms with Crippen molar-refractivity contribution in [3.8, 4) is 0 Å². The lowest BCUT2D eigenvalue weighted by Crippen LogP contribution is -2.34. The van der Waals surface area contributed by atoms with Gasteiger partial charge >= 0.3 is 0 Å². The summed E-state index contributed by atoms with van der Waals surface area (Å²) in [5, 5.41) is 14.2. The Bertz CT molecular complexity index is 456. The Kier molecular flexibility index (Phi) is 6.83. The van der Waals surface area contributed by atoms with Crippen LogP contribution < -0.4 is 5.32 Å². The van der Waals surface area contributed by atoms with Crippen LogP contribution in [0.3, 0.4) is 0 Å². The zero-order valence-corrected chi connectivity index (χ0v) is 14.2. The van der Waals surface area contributed by atoms with Crippen LogP contribution in [0.5, 0.6) is 0 Å². The predicted molar refractivity (Wildman–Crippen MR) is 89.2 cm³/mol. The molecule has 0 bridgehead atoms. The van der Waals surface area contributed by atoms with E-state index in [4.69, 9.17) is 16.3 Å². The number of fused-ring (bicyclic) bond motifs is 1. The maximum absolute atomic E-state index is 9.98. The van der Waals surface area contributed by atoms with Gasteiger partial charge in [-0.25, -0.2) is 0 Å². The second kappa shape index (κ2) is 8.39. The van der Waals surface area contributed by atoms with Crippen LogP contribution >= 0.6 is 23.4 Å². The first-order valence-electron chi connectivity index (χ1n) is 7.48. The maximum Gasteiger partial charge on any atom is 0.0897 e. The van der Waals surface area contributed by atoms with Gasteiger partial charge in [0.25, 0.3) is 0 Å². The number of ether oxygens (including phenoxy) is 1. The molecule has 5 heteroatoms. The Morgan fingerprint density at radius 3 is 3.00 bits per heavy atom. The van der Waals surface area contributed by atoms with Gasteiger partial charge in [-0.2, -0.15) is 0 Å². The number of halogens is 1. The Balaban J connectivity index is 1.83. The molecule has 2 unspecified atom stereocenters. The van der Waals surface area contributed by atoms with Crippen molar-refractivity contribution >= 4 is 23.4 Å². The number of thioether (sulfide) groups is 1. The van der Waals surface area contributed by atoms with E-state index < -0.39 is 6.10 Å². The Morgan fingerprint density at radius 1 is 1.43 bits per heavy atom.